The third-order valence-electron chi connectivity index (χ3n) is 4.32. The number of rotatable bonds is 3. The van der Waals surface area contributed by atoms with Crippen molar-refractivity contribution in [1.82, 2.24) is 9.97 Å². The van der Waals surface area contributed by atoms with Crippen molar-refractivity contribution in [1.29, 1.82) is 0 Å². The molecule has 1 aliphatic rings. The summed E-state index contributed by atoms with van der Waals surface area (Å²) in [5.41, 5.74) is 2.89. The van der Waals surface area contributed by atoms with Gasteiger partial charge in [0.2, 0.25) is 11.9 Å². The van der Waals surface area contributed by atoms with Crippen LogP contribution in [0.1, 0.15) is 23.7 Å². The van der Waals surface area contributed by atoms with Crippen molar-refractivity contribution in [3.05, 3.63) is 59.8 Å². The van der Waals surface area contributed by atoms with Crippen LogP contribution in [0.5, 0.6) is 5.75 Å². The van der Waals surface area contributed by atoms with Crippen LogP contribution in [-0.2, 0) is 0 Å². The van der Waals surface area contributed by atoms with Crippen LogP contribution in [0, 0.1) is 6.92 Å². The summed E-state index contributed by atoms with van der Waals surface area (Å²) < 4.78 is 5.27. The molecule has 2 aromatic carbocycles. The number of hydrogen-bond acceptors (Lipinski definition) is 6. The molecule has 26 heavy (non-hydrogen) atoms. The molecule has 4 rings (SSSR count). The fourth-order valence-electron chi connectivity index (χ4n) is 2.97. The fraction of sp³-hybridized carbons (Fsp3) is 0.200. The number of anilines is 1. The lowest BCUT2D eigenvalue weighted by Gasteiger charge is -2.16. The first-order valence-electron chi connectivity index (χ1n) is 8.47. The summed E-state index contributed by atoms with van der Waals surface area (Å²) in [5, 5.41) is 4.10. The Morgan fingerprint density at radius 1 is 1.08 bits per heavy atom. The maximum absolute atomic E-state index is 5.27. The molecule has 0 saturated carbocycles. The van der Waals surface area contributed by atoms with Crippen LogP contribution >= 0.6 is 0 Å². The Labute approximate surface area is 151 Å². The molecule has 1 atom stereocenters. The fourth-order valence-corrected chi connectivity index (χ4v) is 2.97. The van der Waals surface area contributed by atoms with Gasteiger partial charge in [0, 0.05) is 18.0 Å². The number of fused-ring (bicyclic) bond motifs is 1. The third kappa shape index (κ3) is 3.26. The zero-order valence-electron chi connectivity index (χ0n) is 14.7. The van der Waals surface area contributed by atoms with Crippen molar-refractivity contribution in [2.45, 2.75) is 19.4 Å². The van der Waals surface area contributed by atoms with E-state index >= 15 is 0 Å². The van der Waals surface area contributed by atoms with Crippen LogP contribution in [0.3, 0.4) is 0 Å². The van der Waals surface area contributed by atoms with Gasteiger partial charge in [0.05, 0.1) is 24.4 Å². The van der Waals surface area contributed by atoms with Gasteiger partial charge in [0.25, 0.3) is 0 Å². The number of hydrogen-bond donors (Lipinski definition) is 1. The highest BCUT2D eigenvalue weighted by atomic mass is 16.5. The Bertz CT molecular complexity index is 998. The first-order valence-corrected chi connectivity index (χ1v) is 8.47. The number of guanidine groups is 1. The van der Waals surface area contributed by atoms with Gasteiger partial charge in [-0.2, -0.15) is 0 Å². The van der Waals surface area contributed by atoms with E-state index in [9.17, 15) is 0 Å². The molecule has 0 radical (unpaired) electrons. The van der Waals surface area contributed by atoms with Gasteiger partial charge in [0.15, 0.2) is 0 Å². The lowest BCUT2D eigenvalue weighted by Crippen LogP contribution is -2.17. The van der Waals surface area contributed by atoms with Gasteiger partial charge in [-0.05, 0) is 30.7 Å². The van der Waals surface area contributed by atoms with E-state index in [-0.39, 0.29) is 6.04 Å². The molecule has 6 nitrogen and oxygen atoms in total. The Hall–Kier alpha value is -3.28. The minimum atomic E-state index is 0.0574. The number of nitrogens with zero attached hydrogens (tertiary/aromatic N) is 4. The summed E-state index contributed by atoms with van der Waals surface area (Å²) in [6.45, 7) is 1.95. The SMILES string of the molecule is COc1ccc2nc(NC3=NC(c4ccccc4)CC=N3)nc(C)c2c1. The van der Waals surface area contributed by atoms with Crippen molar-refractivity contribution < 1.29 is 4.74 Å². The van der Waals surface area contributed by atoms with E-state index in [1.54, 1.807) is 7.11 Å². The lowest BCUT2D eigenvalue weighted by atomic mass is 10.0. The smallest absolute Gasteiger partial charge is 0.230 e. The van der Waals surface area contributed by atoms with Gasteiger partial charge >= 0.3 is 0 Å². The van der Waals surface area contributed by atoms with Crippen LogP contribution in [0.4, 0.5) is 5.95 Å². The molecule has 1 N–H and O–H groups in total. The molecule has 6 heteroatoms. The summed E-state index contributed by atoms with van der Waals surface area (Å²) in [6.07, 6.45) is 2.67. The van der Waals surface area contributed by atoms with E-state index in [0.29, 0.717) is 11.9 Å². The standard InChI is InChI=1S/C20H19N5O/c1-13-16-12-15(26-2)8-9-18(16)24-20(22-13)25-19-21-11-10-17(23-19)14-6-4-3-5-7-14/h3-9,11-12,17H,10H2,1-2H3,(H,22,23,24,25). The number of aryl methyl sites for hydroxylation is 1. The summed E-state index contributed by atoms with van der Waals surface area (Å²) in [7, 11) is 1.65. The normalized spacial score (nSPS) is 16.4. The molecule has 3 aromatic rings. The van der Waals surface area contributed by atoms with Gasteiger partial charge in [0.1, 0.15) is 5.75 Å². The molecule has 130 valence electrons. The minimum Gasteiger partial charge on any atom is -0.497 e. The van der Waals surface area contributed by atoms with Gasteiger partial charge in [-0.1, -0.05) is 30.3 Å². The summed E-state index contributed by atoms with van der Waals surface area (Å²) in [6, 6.07) is 16.0. The second-order valence-corrected chi connectivity index (χ2v) is 6.07. The summed E-state index contributed by atoms with van der Waals surface area (Å²) in [4.78, 5) is 18.2. The van der Waals surface area contributed by atoms with Gasteiger partial charge < -0.3 is 4.74 Å². The maximum atomic E-state index is 5.27. The van der Waals surface area contributed by atoms with Crippen LogP contribution in [-0.4, -0.2) is 29.3 Å². The molecule has 1 aromatic heterocycles. The molecule has 1 aliphatic heterocycles. The van der Waals surface area contributed by atoms with Crippen LogP contribution < -0.4 is 10.1 Å². The first-order chi connectivity index (χ1) is 12.7. The van der Waals surface area contributed by atoms with Gasteiger partial charge in [-0.25, -0.2) is 20.0 Å². The molecule has 0 bridgehead atoms. The topological polar surface area (TPSA) is 71.8 Å². The Kier molecular flexibility index (Phi) is 4.31. The van der Waals surface area contributed by atoms with E-state index in [4.69, 9.17) is 9.73 Å². The molecule has 2 heterocycles. The number of benzene rings is 2. The number of ether oxygens (including phenoxy) is 1. The van der Waals surface area contributed by atoms with Gasteiger partial charge in [-0.15, -0.1) is 0 Å². The molecule has 0 fully saturated rings. The third-order valence-corrected chi connectivity index (χ3v) is 4.32. The number of aliphatic imine (C=N–C) groups is 2. The van der Waals surface area contributed by atoms with E-state index < -0.39 is 0 Å². The second-order valence-electron chi connectivity index (χ2n) is 6.07. The predicted octanol–water partition coefficient (Wildman–Crippen LogP) is 3.93. The van der Waals surface area contributed by atoms with E-state index in [1.165, 1.54) is 5.56 Å². The zero-order chi connectivity index (χ0) is 17.9. The van der Waals surface area contributed by atoms with Gasteiger partial charge in [-0.3, -0.25) is 5.32 Å². The summed E-state index contributed by atoms with van der Waals surface area (Å²) >= 11 is 0. The van der Waals surface area contributed by atoms with E-state index in [0.717, 1.165) is 28.8 Å². The first kappa shape index (κ1) is 16.2. The molecule has 0 spiro atoms. The molecule has 0 saturated heterocycles. The van der Waals surface area contributed by atoms with E-state index in [1.807, 2.05) is 49.5 Å². The quantitative estimate of drug-likeness (QED) is 0.781. The van der Waals surface area contributed by atoms with Crippen LogP contribution in [0.25, 0.3) is 10.9 Å². The van der Waals surface area contributed by atoms with E-state index in [2.05, 4.69) is 32.4 Å². The highest BCUT2D eigenvalue weighted by Gasteiger charge is 2.15. The molecule has 0 amide bonds. The zero-order valence-corrected chi connectivity index (χ0v) is 14.7. The number of methoxy groups -OCH3 is 1. The van der Waals surface area contributed by atoms with Crippen molar-refractivity contribution in [3.8, 4) is 5.75 Å². The average molecular weight is 345 g/mol. The number of aromatic nitrogens is 2. The Balaban J connectivity index is 1.62. The minimum absolute atomic E-state index is 0.0574. The van der Waals surface area contributed by atoms with Crippen molar-refractivity contribution in [2.24, 2.45) is 9.98 Å². The average Bonchev–Trinajstić information content (AvgIpc) is 2.69. The number of nitrogens with one attached hydrogen (secondary N) is 1. The lowest BCUT2D eigenvalue weighted by molar-refractivity contribution is 0.415. The monoisotopic (exact) mass is 345 g/mol. The second kappa shape index (κ2) is 6.92. The van der Waals surface area contributed by atoms with Crippen LogP contribution in [0.2, 0.25) is 0 Å². The molecular formula is C20H19N5O. The molecule has 1 unspecified atom stereocenters. The Morgan fingerprint density at radius 3 is 2.73 bits per heavy atom. The van der Waals surface area contributed by atoms with Crippen molar-refractivity contribution in [3.63, 3.8) is 0 Å². The highest BCUT2D eigenvalue weighted by Crippen LogP contribution is 2.24. The Morgan fingerprint density at radius 2 is 1.92 bits per heavy atom. The van der Waals surface area contributed by atoms with Crippen LogP contribution in [0.15, 0.2) is 58.5 Å². The predicted molar refractivity (Wildman–Crippen MR) is 104 cm³/mol. The van der Waals surface area contributed by atoms with Crippen molar-refractivity contribution in [2.75, 3.05) is 12.4 Å². The molecule has 0 aliphatic carbocycles. The van der Waals surface area contributed by atoms with Crippen molar-refractivity contribution >= 4 is 29.0 Å². The largest absolute Gasteiger partial charge is 0.497 e. The summed E-state index contributed by atoms with van der Waals surface area (Å²) in [5.74, 6) is 1.80. The molecular weight excluding hydrogens is 326 g/mol. The highest BCUT2D eigenvalue weighted by molar-refractivity contribution is 5.99. The maximum Gasteiger partial charge on any atom is 0.230 e.